The number of likely N-dealkylation sites (tertiary alicyclic amines) is 1. The predicted molar refractivity (Wildman–Crippen MR) is 174 cm³/mol. The fourth-order valence-corrected chi connectivity index (χ4v) is 5.15. The average Bonchev–Trinajstić information content (AvgIpc) is 3.55. The van der Waals surface area contributed by atoms with E-state index in [9.17, 15) is 49.0 Å². The molecule has 0 spiro atoms. The first-order valence-electron chi connectivity index (χ1n) is 16.0. The first-order chi connectivity index (χ1) is 23.3. The number of carbonyl (C=O) groups is 6. The van der Waals surface area contributed by atoms with Crippen LogP contribution in [0.3, 0.4) is 0 Å². The molecule has 1 aromatic rings. The number of nitrogens with one attached hydrogen (secondary N) is 3. The molecule has 2 rings (SSSR count). The molecule has 0 aliphatic carbocycles. The molecule has 8 N–H and O–H groups in total. The van der Waals surface area contributed by atoms with Crippen molar-refractivity contribution in [2.45, 2.75) is 32.3 Å². The summed E-state index contributed by atoms with van der Waals surface area (Å²) in [5, 5.41) is 54.2. The molecule has 0 unspecified atom stereocenters. The first kappa shape index (κ1) is 41.0. The van der Waals surface area contributed by atoms with Gasteiger partial charge in [-0.1, -0.05) is 6.92 Å². The van der Waals surface area contributed by atoms with Crippen molar-refractivity contribution in [2.24, 2.45) is 0 Å². The van der Waals surface area contributed by atoms with Gasteiger partial charge in [0.05, 0.1) is 56.5 Å². The number of carbonyl (C=O) groups excluding carboxylic acids is 3. The van der Waals surface area contributed by atoms with E-state index in [1.54, 1.807) is 20.8 Å². The van der Waals surface area contributed by atoms with Crippen LogP contribution in [-0.4, -0.2) is 184 Å². The second-order valence-electron chi connectivity index (χ2n) is 11.5. The molecular weight excluding hydrogens is 647 g/mol. The van der Waals surface area contributed by atoms with Gasteiger partial charge in [-0.3, -0.25) is 48.5 Å². The highest BCUT2D eigenvalue weighted by Gasteiger charge is 2.36. The zero-order chi connectivity index (χ0) is 36.3. The normalized spacial score (nSPS) is 14.3. The smallest absolute Gasteiger partial charge is 0.475 e. The molecule has 1 aliphatic heterocycles. The molecule has 0 saturated carbocycles. The third-order valence-electron chi connectivity index (χ3n) is 7.80. The van der Waals surface area contributed by atoms with E-state index >= 15 is 0 Å². The van der Waals surface area contributed by atoms with E-state index in [0.717, 1.165) is 0 Å². The molecule has 20 heteroatoms. The summed E-state index contributed by atoms with van der Waals surface area (Å²) >= 11 is 0. The third kappa shape index (κ3) is 16.2. The Morgan fingerprint density at radius 3 is 2.06 bits per heavy atom. The summed E-state index contributed by atoms with van der Waals surface area (Å²) in [6.45, 7) is 3.21. The van der Waals surface area contributed by atoms with Crippen LogP contribution < -0.4 is 16.0 Å². The first-order valence-corrected chi connectivity index (χ1v) is 16.0. The van der Waals surface area contributed by atoms with Crippen molar-refractivity contribution in [2.75, 3.05) is 85.1 Å². The van der Waals surface area contributed by atoms with E-state index in [1.165, 1.54) is 17.2 Å². The molecule has 19 nitrogen and oxygen atoms in total. The Labute approximate surface area is 284 Å². The standard InChI is InChI=1S/C29H47BN8O11/c1-2-35(19-27(43)44)10-11-37(13-12-36(20-28(45)46)9-7-31-17-26(41)42)18-24(39)33-15-22-6-5-21(14-32-22)29(47)34-16-25(40)38-8-3-4-23(38)30(48)49/h5-6,14,23,31,48-49H,2-4,7-13,15-20H2,1H3,(H,33,39)(H,34,47)(H,41,42)(H,43,44)(H,45,46)/t23-/m0/s1. The number of hydrogen-bond donors (Lipinski definition) is 8. The summed E-state index contributed by atoms with van der Waals surface area (Å²) < 4.78 is 0. The van der Waals surface area contributed by atoms with Crippen LogP contribution in [0.1, 0.15) is 35.8 Å². The van der Waals surface area contributed by atoms with Crippen LogP contribution in [0.15, 0.2) is 18.3 Å². The molecule has 0 aromatic carbocycles. The summed E-state index contributed by atoms with van der Waals surface area (Å²) in [6, 6.07) is 3.03. The molecule has 0 bridgehead atoms. The predicted octanol–water partition coefficient (Wildman–Crippen LogP) is -3.80. The Morgan fingerprint density at radius 2 is 1.49 bits per heavy atom. The number of carboxylic acids is 3. The summed E-state index contributed by atoms with van der Waals surface area (Å²) in [5.41, 5.74) is 0.629. The minimum Gasteiger partial charge on any atom is -0.480 e. The van der Waals surface area contributed by atoms with Crippen molar-refractivity contribution in [3.63, 3.8) is 0 Å². The molecule has 1 aliphatic rings. The molecule has 2 heterocycles. The Bertz CT molecular complexity index is 1260. The van der Waals surface area contributed by atoms with E-state index in [2.05, 4.69) is 20.9 Å². The lowest BCUT2D eigenvalue weighted by Gasteiger charge is -2.28. The number of hydrogen-bond acceptors (Lipinski definition) is 13. The average molecular weight is 695 g/mol. The number of nitrogens with zero attached hydrogens (tertiary/aromatic N) is 5. The Hall–Kier alpha value is -4.21. The fraction of sp³-hybridized carbons (Fsp3) is 0.621. The molecule has 1 aromatic heterocycles. The second-order valence-corrected chi connectivity index (χ2v) is 11.5. The van der Waals surface area contributed by atoms with Crippen LogP contribution in [0.4, 0.5) is 0 Å². The number of carboxylic acid groups (broad SMARTS) is 3. The molecule has 3 amide bonds. The van der Waals surface area contributed by atoms with Crippen LogP contribution in [0.5, 0.6) is 0 Å². The van der Waals surface area contributed by atoms with E-state index < -0.39 is 42.8 Å². The molecular formula is C29H47BN8O11. The monoisotopic (exact) mass is 694 g/mol. The van der Waals surface area contributed by atoms with Gasteiger partial charge in [-0.15, -0.1) is 0 Å². The quantitative estimate of drug-likeness (QED) is 0.0381. The number of aromatic nitrogens is 1. The lowest BCUT2D eigenvalue weighted by molar-refractivity contribution is -0.139. The van der Waals surface area contributed by atoms with Crippen molar-refractivity contribution in [1.29, 1.82) is 0 Å². The van der Waals surface area contributed by atoms with E-state index in [4.69, 9.17) is 5.11 Å². The van der Waals surface area contributed by atoms with Gasteiger partial charge in [0.15, 0.2) is 0 Å². The van der Waals surface area contributed by atoms with Gasteiger partial charge in [0, 0.05) is 52.0 Å². The molecule has 1 fully saturated rings. The number of amides is 3. The minimum absolute atomic E-state index is 0.0351. The van der Waals surface area contributed by atoms with Gasteiger partial charge in [0.2, 0.25) is 11.8 Å². The Morgan fingerprint density at radius 1 is 0.857 bits per heavy atom. The maximum atomic E-state index is 12.9. The number of likely N-dealkylation sites (N-methyl/N-ethyl adjacent to an activating group) is 1. The van der Waals surface area contributed by atoms with E-state index in [-0.39, 0.29) is 76.9 Å². The third-order valence-corrected chi connectivity index (χ3v) is 7.80. The van der Waals surface area contributed by atoms with Crippen LogP contribution >= 0.6 is 0 Å². The van der Waals surface area contributed by atoms with Crippen molar-refractivity contribution in [3.05, 3.63) is 29.6 Å². The highest BCUT2D eigenvalue weighted by atomic mass is 16.4. The molecule has 1 atom stereocenters. The summed E-state index contributed by atoms with van der Waals surface area (Å²) in [4.78, 5) is 81.9. The fourth-order valence-electron chi connectivity index (χ4n) is 5.15. The topological polar surface area (TPSA) is 266 Å². The van der Waals surface area contributed by atoms with Gasteiger partial charge in [0.25, 0.3) is 5.91 Å². The largest absolute Gasteiger partial charge is 0.480 e. The molecule has 0 radical (unpaired) electrons. The second kappa shape index (κ2) is 21.7. The molecule has 49 heavy (non-hydrogen) atoms. The summed E-state index contributed by atoms with van der Waals surface area (Å²) in [7, 11) is -1.65. The van der Waals surface area contributed by atoms with Crippen molar-refractivity contribution < 1.29 is 54.1 Å². The highest BCUT2D eigenvalue weighted by Crippen LogP contribution is 2.17. The summed E-state index contributed by atoms with van der Waals surface area (Å²) in [5.74, 6) is -5.16. The van der Waals surface area contributed by atoms with Gasteiger partial charge in [0.1, 0.15) is 0 Å². The number of aliphatic carboxylic acids is 3. The van der Waals surface area contributed by atoms with Crippen LogP contribution in [0.2, 0.25) is 0 Å². The zero-order valence-corrected chi connectivity index (χ0v) is 27.6. The van der Waals surface area contributed by atoms with Crippen molar-refractivity contribution in [3.8, 4) is 0 Å². The van der Waals surface area contributed by atoms with Gasteiger partial charge in [-0.2, -0.15) is 0 Å². The highest BCUT2D eigenvalue weighted by molar-refractivity contribution is 6.43. The SMILES string of the molecule is CCN(CCN(CCN(CCNCC(=O)O)CC(=O)O)CC(=O)NCc1ccc(C(=O)NCC(=O)N2CCC[C@H]2B(O)O)cn1)CC(=O)O. The number of pyridine rings is 1. The van der Waals surface area contributed by atoms with Gasteiger partial charge in [-0.05, 0) is 31.5 Å². The zero-order valence-electron chi connectivity index (χ0n) is 27.6. The Kier molecular flexibility index (Phi) is 18.1. The summed E-state index contributed by atoms with van der Waals surface area (Å²) in [6.07, 6.45) is 2.39. The maximum absolute atomic E-state index is 12.9. The van der Waals surface area contributed by atoms with Gasteiger partial charge < -0.3 is 46.2 Å². The van der Waals surface area contributed by atoms with Crippen LogP contribution in [0, 0.1) is 0 Å². The minimum atomic E-state index is -1.65. The number of rotatable bonds is 24. The lowest BCUT2D eigenvalue weighted by Crippen LogP contribution is -2.48. The van der Waals surface area contributed by atoms with Crippen molar-refractivity contribution >= 4 is 42.7 Å². The molecule has 272 valence electrons. The van der Waals surface area contributed by atoms with Crippen LogP contribution in [0.25, 0.3) is 0 Å². The van der Waals surface area contributed by atoms with E-state index in [1.807, 2.05) is 6.92 Å². The van der Waals surface area contributed by atoms with Gasteiger partial charge >= 0.3 is 25.0 Å². The Balaban J connectivity index is 1.93. The van der Waals surface area contributed by atoms with Crippen LogP contribution in [-0.2, 0) is 30.5 Å². The maximum Gasteiger partial charge on any atom is 0.475 e. The lowest BCUT2D eigenvalue weighted by atomic mass is 9.78. The molecule has 1 saturated heterocycles. The van der Waals surface area contributed by atoms with Crippen molar-refractivity contribution in [1.82, 2.24) is 40.5 Å². The van der Waals surface area contributed by atoms with Gasteiger partial charge in [-0.25, -0.2) is 0 Å². The van der Waals surface area contributed by atoms with E-state index in [0.29, 0.717) is 44.7 Å².